The molecule has 0 spiro atoms. The van der Waals surface area contributed by atoms with Gasteiger partial charge in [-0.2, -0.15) is 0 Å². The summed E-state index contributed by atoms with van der Waals surface area (Å²) in [5, 5.41) is 4.28. The van der Waals surface area contributed by atoms with Gasteiger partial charge in [-0.1, -0.05) is 16.8 Å². The Morgan fingerprint density at radius 2 is 2.08 bits per heavy atom. The fraction of sp³-hybridized carbons (Fsp3) is 0.412. The molecule has 6 nitrogen and oxygen atoms in total. The number of hydrogen-bond acceptors (Lipinski definition) is 6. The molecule has 1 aromatic carbocycles. The van der Waals surface area contributed by atoms with Crippen LogP contribution in [-0.4, -0.2) is 24.3 Å². The molecule has 0 saturated carbocycles. The smallest absolute Gasteiger partial charge is 0.310 e. The summed E-state index contributed by atoms with van der Waals surface area (Å²) in [5.41, 5.74) is 2.20. The molecule has 1 aromatic heterocycles. The number of hydrogen-bond donors (Lipinski definition) is 0. The molecule has 0 atom stereocenters. The maximum Gasteiger partial charge on any atom is 0.310 e. The number of esters is 1. The van der Waals surface area contributed by atoms with Gasteiger partial charge < -0.3 is 18.7 Å². The zero-order valence-corrected chi connectivity index (χ0v) is 14.3. The van der Waals surface area contributed by atoms with Crippen molar-refractivity contribution in [2.24, 2.45) is 0 Å². The van der Waals surface area contributed by atoms with Crippen LogP contribution in [0.5, 0.6) is 11.5 Å². The molecule has 7 heteroatoms. The van der Waals surface area contributed by atoms with Crippen molar-refractivity contribution in [3.8, 4) is 11.5 Å². The molecule has 0 fully saturated rings. The first-order chi connectivity index (χ1) is 11.5. The number of nitrogens with zero attached hydrogens (tertiary/aromatic N) is 1. The highest BCUT2D eigenvalue weighted by Gasteiger charge is 2.17. The molecule has 128 valence electrons. The highest BCUT2D eigenvalue weighted by Crippen LogP contribution is 2.38. The molecular formula is C17H18ClNO5. The Morgan fingerprint density at radius 1 is 1.29 bits per heavy atom. The van der Waals surface area contributed by atoms with Crippen LogP contribution >= 0.6 is 11.6 Å². The predicted molar refractivity (Wildman–Crippen MR) is 86.5 cm³/mol. The molecule has 0 radical (unpaired) electrons. The van der Waals surface area contributed by atoms with Gasteiger partial charge in [0.25, 0.3) is 0 Å². The lowest BCUT2D eigenvalue weighted by Gasteiger charge is -2.12. The number of carbonyl (C=O) groups excluding carboxylic acids is 1. The number of aromatic nitrogens is 1. The van der Waals surface area contributed by atoms with Crippen LogP contribution in [0.25, 0.3) is 0 Å². The quantitative estimate of drug-likeness (QED) is 0.786. The molecule has 3 rings (SSSR count). The minimum Gasteiger partial charge on any atom is -0.489 e. The van der Waals surface area contributed by atoms with Gasteiger partial charge in [0.2, 0.25) is 0 Å². The highest BCUT2D eigenvalue weighted by atomic mass is 35.5. The Hall–Kier alpha value is -2.21. The fourth-order valence-electron chi connectivity index (χ4n) is 2.48. The normalized spacial score (nSPS) is 13.5. The van der Waals surface area contributed by atoms with Crippen LogP contribution in [0.1, 0.15) is 29.0 Å². The van der Waals surface area contributed by atoms with Gasteiger partial charge in [-0.3, -0.25) is 4.79 Å². The number of aryl methyl sites for hydroxylation is 2. The van der Waals surface area contributed by atoms with E-state index in [4.69, 9.17) is 30.3 Å². The van der Waals surface area contributed by atoms with Crippen molar-refractivity contribution < 1.29 is 23.5 Å². The van der Waals surface area contributed by atoms with Crippen LogP contribution in [0.3, 0.4) is 0 Å². The van der Waals surface area contributed by atoms with Crippen LogP contribution in [0.4, 0.5) is 0 Å². The van der Waals surface area contributed by atoms with E-state index >= 15 is 0 Å². The first-order valence-corrected chi connectivity index (χ1v) is 8.08. The standard InChI is InChI=1S/C17H18ClNO5/c1-10-13(11(2)24-19-10)8-16(20)23-9-12-6-14(18)17-15(7-12)21-4-3-5-22-17/h6-7H,3-5,8-9H2,1-2H3. The second-order valence-corrected chi connectivity index (χ2v) is 6.00. The van der Waals surface area contributed by atoms with Crippen LogP contribution in [0.15, 0.2) is 16.7 Å². The van der Waals surface area contributed by atoms with E-state index in [2.05, 4.69) is 5.16 Å². The van der Waals surface area contributed by atoms with E-state index in [1.165, 1.54) is 0 Å². The van der Waals surface area contributed by atoms with Crippen LogP contribution in [0.2, 0.25) is 5.02 Å². The first-order valence-electron chi connectivity index (χ1n) is 7.70. The molecular weight excluding hydrogens is 334 g/mol. The predicted octanol–water partition coefficient (Wildman–Crippen LogP) is 3.39. The summed E-state index contributed by atoms with van der Waals surface area (Å²) >= 11 is 6.23. The largest absolute Gasteiger partial charge is 0.489 e. The second kappa shape index (κ2) is 7.13. The molecule has 2 heterocycles. The summed E-state index contributed by atoms with van der Waals surface area (Å²) in [5.74, 6) is 1.40. The van der Waals surface area contributed by atoms with E-state index in [0.29, 0.717) is 41.2 Å². The number of benzene rings is 1. The highest BCUT2D eigenvalue weighted by molar-refractivity contribution is 6.32. The van der Waals surface area contributed by atoms with Crippen LogP contribution < -0.4 is 9.47 Å². The Morgan fingerprint density at radius 3 is 2.83 bits per heavy atom. The molecule has 24 heavy (non-hydrogen) atoms. The summed E-state index contributed by atoms with van der Waals surface area (Å²) in [6.45, 7) is 4.81. The van der Waals surface area contributed by atoms with Crippen molar-refractivity contribution in [2.45, 2.75) is 33.3 Å². The summed E-state index contributed by atoms with van der Waals surface area (Å²) in [7, 11) is 0. The van der Waals surface area contributed by atoms with Crippen molar-refractivity contribution in [1.29, 1.82) is 0 Å². The van der Waals surface area contributed by atoms with Gasteiger partial charge in [0.05, 0.1) is 30.4 Å². The molecule has 0 aliphatic carbocycles. The van der Waals surface area contributed by atoms with Gasteiger partial charge in [-0.15, -0.1) is 0 Å². The summed E-state index contributed by atoms with van der Waals surface area (Å²) in [6, 6.07) is 3.51. The molecule has 1 aliphatic heterocycles. The lowest BCUT2D eigenvalue weighted by molar-refractivity contribution is -0.144. The Balaban J connectivity index is 1.65. The first kappa shape index (κ1) is 16.6. The summed E-state index contributed by atoms with van der Waals surface area (Å²) in [6.07, 6.45) is 0.923. The minimum atomic E-state index is -0.354. The lowest BCUT2D eigenvalue weighted by Crippen LogP contribution is -2.09. The Kier molecular flexibility index (Phi) is 4.94. The van der Waals surface area contributed by atoms with Crippen molar-refractivity contribution >= 4 is 17.6 Å². The maximum atomic E-state index is 12.0. The Labute approximate surface area is 144 Å². The summed E-state index contributed by atoms with van der Waals surface area (Å²) in [4.78, 5) is 12.0. The fourth-order valence-corrected chi connectivity index (χ4v) is 2.77. The monoisotopic (exact) mass is 351 g/mol. The maximum absolute atomic E-state index is 12.0. The number of fused-ring (bicyclic) bond motifs is 1. The molecule has 0 amide bonds. The third-order valence-electron chi connectivity index (χ3n) is 3.76. The van der Waals surface area contributed by atoms with E-state index < -0.39 is 0 Å². The average molecular weight is 352 g/mol. The number of carbonyl (C=O) groups is 1. The van der Waals surface area contributed by atoms with Gasteiger partial charge in [0.1, 0.15) is 12.4 Å². The van der Waals surface area contributed by atoms with E-state index in [1.54, 1.807) is 26.0 Å². The third-order valence-corrected chi connectivity index (χ3v) is 4.04. The van der Waals surface area contributed by atoms with E-state index in [9.17, 15) is 4.79 Å². The molecule has 0 bridgehead atoms. The third kappa shape index (κ3) is 3.64. The molecule has 0 saturated heterocycles. The summed E-state index contributed by atoms with van der Waals surface area (Å²) < 4.78 is 21.6. The topological polar surface area (TPSA) is 70.8 Å². The zero-order chi connectivity index (χ0) is 17.1. The van der Waals surface area contributed by atoms with Gasteiger partial charge >= 0.3 is 5.97 Å². The van der Waals surface area contributed by atoms with Gasteiger partial charge in [-0.25, -0.2) is 0 Å². The van der Waals surface area contributed by atoms with Gasteiger partial charge in [-0.05, 0) is 31.5 Å². The Bertz CT molecular complexity index is 736. The molecule has 0 unspecified atom stereocenters. The van der Waals surface area contributed by atoms with Gasteiger partial charge in [0, 0.05) is 12.0 Å². The van der Waals surface area contributed by atoms with E-state index in [-0.39, 0.29) is 19.0 Å². The number of halogens is 1. The molecule has 0 N–H and O–H groups in total. The van der Waals surface area contributed by atoms with Crippen molar-refractivity contribution in [3.63, 3.8) is 0 Å². The average Bonchev–Trinajstić information content (AvgIpc) is 2.77. The van der Waals surface area contributed by atoms with Gasteiger partial charge in [0.15, 0.2) is 11.5 Å². The SMILES string of the molecule is Cc1noc(C)c1CC(=O)OCc1cc(Cl)c2c(c1)OCCCO2. The van der Waals surface area contributed by atoms with E-state index in [1.807, 2.05) is 0 Å². The van der Waals surface area contributed by atoms with Crippen LogP contribution in [0, 0.1) is 13.8 Å². The van der Waals surface area contributed by atoms with Crippen LogP contribution in [-0.2, 0) is 22.6 Å². The van der Waals surface area contributed by atoms with Crippen molar-refractivity contribution in [3.05, 3.63) is 39.7 Å². The zero-order valence-electron chi connectivity index (χ0n) is 13.6. The van der Waals surface area contributed by atoms with Crippen molar-refractivity contribution in [2.75, 3.05) is 13.2 Å². The molecule has 1 aliphatic rings. The van der Waals surface area contributed by atoms with Crippen molar-refractivity contribution in [1.82, 2.24) is 5.16 Å². The number of rotatable bonds is 4. The minimum absolute atomic E-state index is 0.110. The molecule has 2 aromatic rings. The second-order valence-electron chi connectivity index (χ2n) is 5.60. The lowest BCUT2D eigenvalue weighted by atomic mass is 10.1. The van der Waals surface area contributed by atoms with E-state index in [0.717, 1.165) is 17.5 Å². The number of ether oxygens (including phenoxy) is 3.